The van der Waals surface area contributed by atoms with Crippen molar-refractivity contribution < 1.29 is 4.79 Å². The third kappa shape index (κ3) is 3.88. The first-order chi connectivity index (χ1) is 13.2. The summed E-state index contributed by atoms with van der Waals surface area (Å²) in [4.78, 5) is 31.8. The van der Waals surface area contributed by atoms with Crippen LogP contribution in [0, 0.1) is 0 Å². The van der Waals surface area contributed by atoms with Crippen LogP contribution in [-0.4, -0.2) is 37.3 Å². The van der Waals surface area contributed by atoms with Crippen LogP contribution < -0.4 is 5.32 Å². The first kappa shape index (κ1) is 17.4. The molecule has 27 heavy (non-hydrogen) atoms. The third-order valence-corrected chi connectivity index (χ3v) is 4.68. The quantitative estimate of drug-likeness (QED) is 0.743. The van der Waals surface area contributed by atoms with Crippen molar-refractivity contribution in [2.45, 2.75) is 18.9 Å². The van der Waals surface area contributed by atoms with E-state index < -0.39 is 0 Å². The van der Waals surface area contributed by atoms with Gasteiger partial charge >= 0.3 is 0 Å². The summed E-state index contributed by atoms with van der Waals surface area (Å²) in [5.41, 5.74) is 1.43. The molecule has 1 atom stereocenters. The molecular formula is C19H17ClN6O. The van der Waals surface area contributed by atoms with Gasteiger partial charge in [0.05, 0.1) is 17.9 Å². The van der Waals surface area contributed by atoms with E-state index in [9.17, 15) is 4.79 Å². The maximum atomic E-state index is 12.9. The normalized spacial score (nSPS) is 16.3. The van der Waals surface area contributed by atoms with E-state index >= 15 is 0 Å². The van der Waals surface area contributed by atoms with Crippen molar-refractivity contribution in [1.29, 1.82) is 0 Å². The van der Waals surface area contributed by atoms with Crippen molar-refractivity contribution in [3.63, 3.8) is 0 Å². The van der Waals surface area contributed by atoms with Crippen LogP contribution in [0.1, 0.15) is 34.9 Å². The van der Waals surface area contributed by atoms with E-state index in [2.05, 4.69) is 25.3 Å². The largest absolute Gasteiger partial charge is 0.330 e. The number of likely N-dealkylation sites (tertiary alicyclic amines) is 1. The summed E-state index contributed by atoms with van der Waals surface area (Å²) in [6, 6.07) is 8.72. The molecule has 3 heterocycles. The molecule has 136 valence electrons. The van der Waals surface area contributed by atoms with Crippen molar-refractivity contribution in [3.05, 3.63) is 71.4 Å². The summed E-state index contributed by atoms with van der Waals surface area (Å²) in [5.74, 6) is 0.977. The molecule has 4 rings (SSSR count). The van der Waals surface area contributed by atoms with Gasteiger partial charge in [-0.15, -0.1) is 0 Å². The summed E-state index contributed by atoms with van der Waals surface area (Å²) in [5, 5.41) is 3.65. The minimum atomic E-state index is -0.0846. The summed E-state index contributed by atoms with van der Waals surface area (Å²) < 4.78 is 0. The van der Waals surface area contributed by atoms with E-state index in [1.54, 1.807) is 49.1 Å². The number of amides is 1. The third-order valence-electron chi connectivity index (χ3n) is 4.43. The predicted octanol–water partition coefficient (Wildman–Crippen LogP) is 3.64. The number of benzene rings is 1. The Hall–Kier alpha value is -3.06. The monoisotopic (exact) mass is 380 g/mol. The number of nitrogens with one attached hydrogen (secondary N) is 1. The first-order valence-electron chi connectivity index (χ1n) is 8.63. The molecule has 1 unspecified atom stereocenters. The average Bonchev–Trinajstić information content (AvgIpc) is 3.19. The zero-order valence-electron chi connectivity index (χ0n) is 14.4. The molecule has 3 aromatic rings. The number of hydrogen-bond acceptors (Lipinski definition) is 6. The lowest BCUT2D eigenvalue weighted by Crippen LogP contribution is -2.31. The van der Waals surface area contributed by atoms with E-state index in [4.69, 9.17) is 11.6 Å². The summed E-state index contributed by atoms with van der Waals surface area (Å²) in [6.45, 7) is 0.697. The fourth-order valence-electron chi connectivity index (χ4n) is 3.17. The Balaban J connectivity index is 1.56. The summed E-state index contributed by atoms with van der Waals surface area (Å²) in [7, 11) is 0. The SMILES string of the molecule is O=C(c1ccc(Cl)cc1)N1CCCC1c1ccnc(Nc2cnccn2)n1. The number of carbonyl (C=O) groups excluding carboxylic acids is 1. The number of anilines is 2. The lowest BCUT2D eigenvalue weighted by Gasteiger charge is -2.24. The highest BCUT2D eigenvalue weighted by Crippen LogP contribution is 2.32. The van der Waals surface area contributed by atoms with Gasteiger partial charge in [-0.05, 0) is 43.2 Å². The van der Waals surface area contributed by atoms with Crippen LogP contribution in [0.4, 0.5) is 11.8 Å². The maximum Gasteiger partial charge on any atom is 0.254 e. The predicted molar refractivity (Wildman–Crippen MR) is 102 cm³/mol. The number of halogens is 1. The molecule has 0 aliphatic carbocycles. The van der Waals surface area contributed by atoms with Crippen LogP contribution in [0.15, 0.2) is 55.1 Å². The van der Waals surface area contributed by atoms with Gasteiger partial charge in [-0.1, -0.05) is 11.6 Å². The molecule has 1 aliphatic heterocycles. The fourth-order valence-corrected chi connectivity index (χ4v) is 3.30. The molecule has 0 saturated carbocycles. The summed E-state index contributed by atoms with van der Waals surface area (Å²) >= 11 is 5.93. The van der Waals surface area contributed by atoms with Crippen molar-refractivity contribution in [2.24, 2.45) is 0 Å². The van der Waals surface area contributed by atoms with Gasteiger partial charge in [0.1, 0.15) is 0 Å². The second kappa shape index (κ2) is 7.67. The van der Waals surface area contributed by atoms with Crippen molar-refractivity contribution in [2.75, 3.05) is 11.9 Å². The fraction of sp³-hybridized carbons (Fsp3) is 0.211. The second-order valence-corrected chi connectivity index (χ2v) is 6.62. The van der Waals surface area contributed by atoms with Gasteiger partial charge in [0.25, 0.3) is 5.91 Å². The Morgan fingerprint density at radius 3 is 2.74 bits per heavy atom. The molecule has 2 aromatic heterocycles. The number of rotatable bonds is 4. The van der Waals surface area contributed by atoms with Gasteiger partial charge in [0.15, 0.2) is 5.82 Å². The van der Waals surface area contributed by atoms with E-state index in [1.807, 2.05) is 11.0 Å². The van der Waals surface area contributed by atoms with E-state index in [-0.39, 0.29) is 11.9 Å². The van der Waals surface area contributed by atoms with Gasteiger partial charge in [-0.25, -0.2) is 15.0 Å². The van der Waals surface area contributed by atoms with Gasteiger partial charge in [0, 0.05) is 35.7 Å². The number of nitrogens with zero attached hydrogens (tertiary/aromatic N) is 5. The highest BCUT2D eigenvalue weighted by atomic mass is 35.5. The topological polar surface area (TPSA) is 83.9 Å². The zero-order chi connectivity index (χ0) is 18.6. The Bertz CT molecular complexity index is 934. The molecule has 0 bridgehead atoms. The molecule has 1 amide bonds. The van der Waals surface area contributed by atoms with E-state index in [0.717, 1.165) is 18.5 Å². The Morgan fingerprint density at radius 2 is 1.96 bits per heavy atom. The average molecular weight is 381 g/mol. The van der Waals surface area contributed by atoms with Gasteiger partial charge in [-0.3, -0.25) is 9.78 Å². The standard InChI is InChI=1S/C19H17ClN6O/c20-14-5-3-13(4-6-14)18(27)26-11-1-2-16(26)15-7-8-23-19(24-15)25-17-12-21-9-10-22-17/h3-10,12,16H,1-2,11H2,(H,22,23,24,25). The minimum absolute atomic E-state index is 0.0174. The van der Waals surface area contributed by atoms with Crippen LogP contribution in [0.5, 0.6) is 0 Å². The molecule has 0 spiro atoms. The minimum Gasteiger partial charge on any atom is -0.330 e. The number of hydrogen-bond donors (Lipinski definition) is 1. The van der Waals surface area contributed by atoms with Crippen molar-refractivity contribution in [3.8, 4) is 0 Å². The first-order valence-corrected chi connectivity index (χ1v) is 9.01. The highest BCUT2D eigenvalue weighted by molar-refractivity contribution is 6.30. The molecule has 1 saturated heterocycles. The smallest absolute Gasteiger partial charge is 0.254 e. The molecule has 7 nitrogen and oxygen atoms in total. The van der Waals surface area contributed by atoms with Gasteiger partial charge in [0.2, 0.25) is 5.95 Å². The van der Waals surface area contributed by atoms with Gasteiger partial charge < -0.3 is 10.2 Å². The molecule has 1 N–H and O–H groups in total. The van der Waals surface area contributed by atoms with Gasteiger partial charge in [-0.2, -0.15) is 0 Å². The van der Waals surface area contributed by atoms with E-state index in [1.165, 1.54) is 0 Å². The molecule has 1 aliphatic rings. The molecule has 8 heteroatoms. The van der Waals surface area contributed by atoms with Crippen LogP contribution in [0.3, 0.4) is 0 Å². The van der Waals surface area contributed by atoms with Crippen LogP contribution >= 0.6 is 11.6 Å². The molecule has 1 aromatic carbocycles. The van der Waals surface area contributed by atoms with Crippen molar-refractivity contribution in [1.82, 2.24) is 24.8 Å². The lowest BCUT2D eigenvalue weighted by molar-refractivity contribution is 0.0733. The Morgan fingerprint density at radius 1 is 1.11 bits per heavy atom. The Labute approximate surface area is 161 Å². The molecular weight excluding hydrogens is 364 g/mol. The highest BCUT2D eigenvalue weighted by Gasteiger charge is 2.31. The van der Waals surface area contributed by atoms with Crippen LogP contribution in [0.25, 0.3) is 0 Å². The molecule has 0 radical (unpaired) electrons. The van der Waals surface area contributed by atoms with E-state index in [0.29, 0.717) is 28.9 Å². The van der Waals surface area contributed by atoms with Crippen LogP contribution in [-0.2, 0) is 0 Å². The number of carbonyl (C=O) groups is 1. The molecule has 1 fully saturated rings. The van der Waals surface area contributed by atoms with Crippen LogP contribution in [0.2, 0.25) is 5.02 Å². The zero-order valence-corrected chi connectivity index (χ0v) is 15.2. The summed E-state index contributed by atoms with van der Waals surface area (Å²) in [6.07, 6.45) is 8.27. The lowest BCUT2D eigenvalue weighted by atomic mass is 10.1. The maximum absolute atomic E-state index is 12.9. The van der Waals surface area contributed by atoms with Crippen molar-refractivity contribution >= 4 is 29.3 Å². The number of aromatic nitrogens is 4. The second-order valence-electron chi connectivity index (χ2n) is 6.18. The Kier molecular flexibility index (Phi) is 4.93.